The van der Waals surface area contributed by atoms with Crippen LogP contribution in [-0.4, -0.2) is 39.3 Å². The van der Waals surface area contributed by atoms with Gasteiger partial charge in [0.25, 0.3) is 0 Å². The summed E-state index contributed by atoms with van der Waals surface area (Å²) in [4.78, 5) is 13.7. The first-order valence-electron chi connectivity index (χ1n) is 8.54. The molecule has 1 atom stereocenters. The molecule has 148 valence electrons. The number of rotatable bonds is 9. The van der Waals surface area contributed by atoms with Crippen LogP contribution in [0.3, 0.4) is 0 Å². The molecule has 1 aromatic carbocycles. The van der Waals surface area contributed by atoms with Crippen LogP contribution in [-0.2, 0) is 15.0 Å². The summed E-state index contributed by atoms with van der Waals surface area (Å²) in [5.74, 6) is -0.900. The van der Waals surface area contributed by atoms with Crippen molar-refractivity contribution in [3.63, 3.8) is 0 Å². The molecule has 1 N–H and O–H groups in total. The number of halogens is 1. The van der Waals surface area contributed by atoms with E-state index in [0.29, 0.717) is 0 Å². The number of benzene rings is 1. The predicted molar refractivity (Wildman–Crippen MR) is 106 cm³/mol. The monoisotopic (exact) mass is 413 g/mol. The second-order valence-corrected chi connectivity index (χ2v) is 9.24. The normalized spacial score (nSPS) is 12.8. The van der Waals surface area contributed by atoms with E-state index in [1.54, 1.807) is 11.3 Å². The standard InChI is InChI=1S/C18H24FN3O3S2/c1-4-6-16(17-7-5-12-26-17)20-18(23)13-22(27(24,25)21(2)3)15-10-8-14(19)9-11-15/h5,7-12,16H,4,6,13H2,1-3H3,(H,20,23)/t16-/m1/s1. The molecule has 0 saturated heterocycles. The number of hydrogen-bond acceptors (Lipinski definition) is 4. The van der Waals surface area contributed by atoms with Gasteiger partial charge in [0.05, 0.1) is 11.7 Å². The second-order valence-electron chi connectivity index (χ2n) is 6.20. The third-order valence-corrected chi connectivity index (χ3v) is 6.75. The fourth-order valence-corrected chi connectivity index (χ4v) is 4.42. The molecular formula is C18H24FN3O3S2. The highest BCUT2D eigenvalue weighted by atomic mass is 32.2. The largest absolute Gasteiger partial charge is 0.347 e. The lowest BCUT2D eigenvalue weighted by Crippen LogP contribution is -2.46. The minimum Gasteiger partial charge on any atom is -0.347 e. The fourth-order valence-electron chi connectivity index (χ4n) is 2.54. The number of carbonyl (C=O) groups is 1. The van der Waals surface area contributed by atoms with E-state index in [4.69, 9.17) is 0 Å². The van der Waals surface area contributed by atoms with Crippen LogP contribution in [0.1, 0.15) is 30.7 Å². The molecule has 0 spiro atoms. The highest BCUT2D eigenvalue weighted by Crippen LogP contribution is 2.24. The van der Waals surface area contributed by atoms with Crippen molar-refractivity contribution in [2.45, 2.75) is 25.8 Å². The molecule has 0 fully saturated rings. The number of nitrogens with zero attached hydrogens (tertiary/aromatic N) is 2. The molecule has 0 bridgehead atoms. The van der Waals surface area contributed by atoms with Crippen molar-refractivity contribution >= 4 is 33.1 Å². The van der Waals surface area contributed by atoms with Crippen LogP contribution in [0.5, 0.6) is 0 Å². The van der Waals surface area contributed by atoms with Crippen LogP contribution in [0, 0.1) is 5.82 Å². The molecule has 1 aromatic heterocycles. The van der Waals surface area contributed by atoms with E-state index in [1.165, 1.54) is 26.2 Å². The minimum atomic E-state index is -3.92. The number of anilines is 1. The van der Waals surface area contributed by atoms with Gasteiger partial charge < -0.3 is 5.32 Å². The zero-order valence-electron chi connectivity index (χ0n) is 15.6. The Balaban J connectivity index is 2.23. The first kappa shape index (κ1) is 21.3. The maximum Gasteiger partial charge on any atom is 0.304 e. The molecule has 0 aliphatic rings. The summed E-state index contributed by atoms with van der Waals surface area (Å²) < 4.78 is 40.6. The van der Waals surface area contributed by atoms with Crippen molar-refractivity contribution in [3.05, 3.63) is 52.5 Å². The summed E-state index contributed by atoms with van der Waals surface area (Å²) in [7, 11) is -1.15. The quantitative estimate of drug-likeness (QED) is 0.687. The Morgan fingerprint density at radius 2 is 1.89 bits per heavy atom. The summed E-state index contributed by atoms with van der Waals surface area (Å²) >= 11 is 1.54. The number of amides is 1. The van der Waals surface area contributed by atoms with Gasteiger partial charge >= 0.3 is 10.2 Å². The van der Waals surface area contributed by atoms with Gasteiger partial charge in [-0.15, -0.1) is 11.3 Å². The molecule has 0 saturated carbocycles. The molecule has 9 heteroatoms. The molecule has 0 aliphatic heterocycles. The number of nitrogens with one attached hydrogen (secondary N) is 1. The van der Waals surface area contributed by atoms with Crippen LogP contribution < -0.4 is 9.62 Å². The first-order chi connectivity index (χ1) is 12.8. The Morgan fingerprint density at radius 1 is 1.22 bits per heavy atom. The van der Waals surface area contributed by atoms with Gasteiger partial charge in [0.2, 0.25) is 5.91 Å². The van der Waals surface area contributed by atoms with E-state index < -0.39 is 28.5 Å². The molecule has 27 heavy (non-hydrogen) atoms. The molecule has 1 heterocycles. The lowest BCUT2D eigenvalue weighted by atomic mass is 10.1. The minimum absolute atomic E-state index is 0.167. The molecule has 6 nitrogen and oxygen atoms in total. The van der Waals surface area contributed by atoms with E-state index >= 15 is 0 Å². The molecule has 2 aromatic rings. The third kappa shape index (κ3) is 5.50. The van der Waals surface area contributed by atoms with Crippen molar-refractivity contribution in [3.8, 4) is 0 Å². The van der Waals surface area contributed by atoms with Gasteiger partial charge in [-0.05, 0) is 42.1 Å². The average Bonchev–Trinajstić information content (AvgIpc) is 3.14. The van der Waals surface area contributed by atoms with Crippen LogP contribution in [0.4, 0.5) is 10.1 Å². The van der Waals surface area contributed by atoms with Crippen molar-refractivity contribution < 1.29 is 17.6 Å². The highest BCUT2D eigenvalue weighted by Gasteiger charge is 2.28. The van der Waals surface area contributed by atoms with E-state index in [9.17, 15) is 17.6 Å². The van der Waals surface area contributed by atoms with Crippen LogP contribution in [0.2, 0.25) is 0 Å². The Morgan fingerprint density at radius 3 is 2.41 bits per heavy atom. The first-order valence-corrected chi connectivity index (χ1v) is 10.8. The average molecular weight is 414 g/mol. The topological polar surface area (TPSA) is 69.7 Å². The van der Waals surface area contributed by atoms with Crippen LogP contribution >= 0.6 is 11.3 Å². The molecule has 2 rings (SSSR count). The third-order valence-electron chi connectivity index (χ3n) is 3.94. The van der Waals surface area contributed by atoms with E-state index in [-0.39, 0.29) is 11.7 Å². The Labute approximate surface area is 163 Å². The van der Waals surface area contributed by atoms with Crippen molar-refractivity contribution in [1.29, 1.82) is 0 Å². The molecular weight excluding hydrogens is 389 g/mol. The van der Waals surface area contributed by atoms with Gasteiger partial charge in [0.15, 0.2) is 0 Å². The lowest BCUT2D eigenvalue weighted by Gasteiger charge is -2.27. The van der Waals surface area contributed by atoms with Crippen LogP contribution in [0.25, 0.3) is 0 Å². The molecule has 0 aliphatic carbocycles. The van der Waals surface area contributed by atoms with Crippen molar-refractivity contribution in [2.24, 2.45) is 0 Å². The Hall–Kier alpha value is -1.97. The van der Waals surface area contributed by atoms with Gasteiger partial charge in [-0.2, -0.15) is 12.7 Å². The number of carbonyl (C=O) groups excluding carboxylic acids is 1. The van der Waals surface area contributed by atoms with Gasteiger partial charge in [0, 0.05) is 19.0 Å². The summed E-state index contributed by atoms with van der Waals surface area (Å²) in [5, 5.41) is 4.85. The zero-order valence-corrected chi connectivity index (χ0v) is 17.2. The summed E-state index contributed by atoms with van der Waals surface area (Å²) in [6, 6.07) is 8.70. The Kier molecular flexibility index (Phi) is 7.34. The van der Waals surface area contributed by atoms with E-state index in [2.05, 4.69) is 5.32 Å². The molecule has 0 radical (unpaired) electrons. The smallest absolute Gasteiger partial charge is 0.304 e. The predicted octanol–water partition coefficient (Wildman–Crippen LogP) is 3.16. The van der Waals surface area contributed by atoms with Gasteiger partial charge in [0.1, 0.15) is 12.4 Å². The number of hydrogen-bond donors (Lipinski definition) is 1. The van der Waals surface area contributed by atoms with Crippen molar-refractivity contribution in [2.75, 3.05) is 24.9 Å². The summed E-state index contributed by atoms with van der Waals surface area (Å²) in [6.45, 7) is 1.63. The zero-order chi connectivity index (χ0) is 20.0. The fraction of sp³-hybridized carbons (Fsp3) is 0.389. The molecule has 1 amide bonds. The SMILES string of the molecule is CCC[C@@H](NC(=O)CN(c1ccc(F)cc1)S(=O)(=O)N(C)C)c1cccs1. The van der Waals surface area contributed by atoms with Gasteiger partial charge in [-0.3, -0.25) is 4.79 Å². The maximum atomic E-state index is 13.2. The highest BCUT2D eigenvalue weighted by molar-refractivity contribution is 7.90. The lowest BCUT2D eigenvalue weighted by molar-refractivity contribution is -0.120. The van der Waals surface area contributed by atoms with Gasteiger partial charge in [-0.25, -0.2) is 8.70 Å². The Bertz CT molecular complexity index is 837. The summed E-state index contributed by atoms with van der Waals surface area (Å²) in [5.41, 5.74) is 0.225. The molecule has 0 unspecified atom stereocenters. The van der Waals surface area contributed by atoms with Crippen molar-refractivity contribution in [1.82, 2.24) is 9.62 Å². The maximum absolute atomic E-state index is 13.2. The number of thiophene rings is 1. The van der Waals surface area contributed by atoms with E-state index in [1.807, 2.05) is 24.4 Å². The second kappa shape index (κ2) is 9.29. The summed E-state index contributed by atoms with van der Waals surface area (Å²) in [6.07, 6.45) is 1.63. The van der Waals surface area contributed by atoms with E-state index in [0.717, 1.165) is 38.5 Å². The van der Waals surface area contributed by atoms with Crippen LogP contribution in [0.15, 0.2) is 41.8 Å². The van der Waals surface area contributed by atoms with Gasteiger partial charge in [-0.1, -0.05) is 19.4 Å².